The molecule has 1 aliphatic rings. The molecule has 3 heteroatoms. The van der Waals surface area contributed by atoms with Crippen LogP contribution in [0.2, 0.25) is 0 Å². The second-order valence-corrected chi connectivity index (χ2v) is 6.06. The lowest BCUT2D eigenvalue weighted by atomic mass is 10.0. The van der Waals surface area contributed by atoms with E-state index < -0.39 is 0 Å². The highest BCUT2D eigenvalue weighted by atomic mass is 15.3. The van der Waals surface area contributed by atoms with Crippen LogP contribution in [-0.4, -0.2) is 56.1 Å². The Bertz CT molecular complexity index is 422. The van der Waals surface area contributed by atoms with Gasteiger partial charge in [0.1, 0.15) is 0 Å². The second-order valence-electron chi connectivity index (χ2n) is 6.06. The molecule has 1 atom stereocenters. The number of hydrogen-bond acceptors (Lipinski definition) is 3. The van der Waals surface area contributed by atoms with E-state index in [0.29, 0.717) is 6.04 Å². The van der Waals surface area contributed by atoms with Crippen LogP contribution in [0.4, 0.5) is 0 Å². The molecule has 0 saturated carbocycles. The molecule has 112 valence electrons. The summed E-state index contributed by atoms with van der Waals surface area (Å²) in [6.45, 7) is 13.5. The van der Waals surface area contributed by atoms with Gasteiger partial charge in [-0.3, -0.25) is 4.90 Å². The monoisotopic (exact) mass is 275 g/mol. The van der Waals surface area contributed by atoms with Gasteiger partial charge in [0.25, 0.3) is 0 Å². The van der Waals surface area contributed by atoms with E-state index in [2.05, 4.69) is 61.1 Å². The van der Waals surface area contributed by atoms with Gasteiger partial charge < -0.3 is 10.2 Å². The maximum atomic E-state index is 3.65. The van der Waals surface area contributed by atoms with Gasteiger partial charge in [-0.05, 0) is 44.1 Å². The molecule has 1 unspecified atom stereocenters. The molecule has 3 nitrogen and oxygen atoms in total. The Morgan fingerprint density at radius 1 is 1.10 bits per heavy atom. The van der Waals surface area contributed by atoms with Crippen LogP contribution in [0, 0.1) is 13.8 Å². The van der Waals surface area contributed by atoms with Crippen LogP contribution in [0.1, 0.15) is 29.7 Å². The highest BCUT2D eigenvalue weighted by Gasteiger charge is 2.19. The summed E-state index contributed by atoms with van der Waals surface area (Å²) < 4.78 is 0. The topological polar surface area (TPSA) is 18.5 Å². The molecule has 1 fully saturated rings. The molecule has 0 aromatic heterocycles. The lowest BCUT2D eigenvalue weighted by Gasteiger charge is -2.35. The number of piperazine rings is 1. The Morgan fingerprint density at radius 2 is 1.80 bits per heavy atom. The molecule has 2 rings (SSSR count). The fourth-order valence-electron chi connectivity index (χ4n) is 2.80. The van der Waals surface area contributed by atoms with Crippen molar-refractivity contribution in [3.63, 3.8) is 0 Å². The first-order valence-electron chi connectivity index (χ1n) is 7.81. The van der Waals surface area contributed by atoms with Gasteiger partial charge in [-0.15, -0.1) is 0 Å². The van der Waals surface area contributed by atoms with Crippen LogP contribution in [-0.2, 0) is 0 Å². The van der Waals surface area contributed by atoms with E-state index in [9.17, 15) is 0 Å². The third-order valence-corrected chi connectivity index (χ3v) is 4.42. The molecular weight excluding hydrogens is 246 g/mol. The van der Waals surface area contributed by atoms with E-state index in [1.54, 1.807) is 0 Å². The molecule has 0 amide bonds. The average Bonchev–Trinajstić information content (AvgIpc) is 2.44. The molecule has 0 spiro atoms. The number of nitrogens with zero attached hydrogens (tertiary/aromatic N) is 2. The van der Waals surface area contributed by atoms with E-state index in [1.807, 2.05) is 0 Å². The molecule has 1 saturated heterocycles. The Kier molecular flexibility index (Phi) is 5.58. The number of likely N-dealkylation sites (N-methyl/N-ethyl adjacent to an activating group) is 2. The fraction of sp³-hybridized carbons (Fsp3) is 0.647. The molecular formula is C17H29N3. The van der Waals surface area contributed by atoms with Crippen molar-refractivity contribution >= 4 is 0 Å². The summed E-state index contributed by atoms with van der Waals surface area (Å²) in [6, 6.07) is 7.33. The summed E-state index contributed by atoms with van der Waals surface area (Å²) in [4.78, 5) is 5.00. The minimum Gasteiger partial charge on any atom is -0.309 e. The summed E-state index contributed by atoms with van der Waals surface area (Å²) in [6.07, 6.45) is 0. The summed E-state index contributed by atoms with van der Waals surface area (Å²) in [5.74, 6) is 0. The Labute approximate surface area is 124 Å². The van der Waals surface area contributed by atoms with Gasteiger partial charge in [0.15, 0.2) is 0 Å². The van der Waals surface area contributed by atoms with E-state index in [0.717, 1.165) is 13.1 Å². The van der Waals surface area contributed by atoms with Crippen LogP contribution in [0.3, 0.4) is 0 Å². The molecule has 1 aromatic carbocycles. The van der Waals surface area contributed by atoms with Crippen LogP contribution in [0.25, 0.3) is 0 Å². The lowest BCUT2D eigenvalue weighted by Crippen LogP contribution is -2.47. The molecule has 1 heterocycles. The first kappa shape index (κ1) is 15.5. The molecule has 0 bridgehead atoms. The van der Waals surface area contributed by atoms with Gasteiger partial charge in [0.2, 0.25) is 0 Å². The SMILES string of the molecule is CCNC(CN1CCN(C)CC1)c1ccc(C)c(C)c1. The van der Waals surface area contributed by atoms with Crippen molar-refractivity contribution in [3.8, 4) is 0 Å². The second kappa shape index (κ2) is 7.21. The maximum Gasteiger partial charge on any atom is 0.0449 e. The predicted octanol–water partition coefficient (Wildman–Crippen LogP) is 2.20. The summed E-state index contributed by atoms with van der Waals surface area (Å²) in [7, 11) is 2.21. The zero-order valence-corrected chi connectivity index (χ0v) is 13.4. The number of aryl methyl sites for hydroxylation is 2. The summed E-state index contributed by atoms with van der Waals surface area (Å²) in [5, 5.41) is 3.65. The molecule has 1 aliphatic heterocycles. The standard InChI is InChI=1S/C17H29N3/c1-5-18-17(13-20-10-8-19(4)9-11-20)16-7-6-14(2)15(3)12-16/h6-7,12,17-18H,5,8-11,13H2,1-4H3. The van der Waals surface area contributed by atoms with Gasteiger partial charge >= 0.3 is 0 Å². The van der Waals surface area contributed by atoms with Gasteiger partial charge in [-0.25, -0.2) is 0 Å². The van der Waals surface area contributed by atoms with Gasteiger partial charge in [0, 0.05) is 38.8 Å². The third kappa shape index (κ3) is 4.05. The molecule has 1 aromatic rings. The number of hydrogen-bond donors (Lipinski definition) is 1. The van der Waals surface area contributed by atoms with Crippen LogP contribution >= 0.6 is 0 Å². The Balaban J connectivity index is 2.04. The van der Waals surface area contributed by atoms with E-state index in [4.69, 9.17) is 0 Å². The van der Waals surface area contributed by atoms with Gasteiger partial charge in [-0.1, -0.05) is 25.1 Å². The van der Waals surface area contributed by atoms with E-state index in [-0.39, 0.29) is 0 Å². The summed E-state index contributed by atoms with van der Waals surface area (Å²) >= 11 is 0. The van der Waals surface area contributed by atoms with Gasteiger partial charge in [0.05, 0.1) is 0 Å². The normalized spacial score (nSPS) is 19.2. The van der Waals surface area contributed by atoms with Crippen molar-refractivity contribution in [2.45, 2.75) is 26.8 Å². The Hall–Kier alpha value is -0.900. The average molecular weight is 275 g/mol. The third-order valence-electron chi connectivity index (χ3n) is 4.42. The van der Waals surface area contributed by atoms with Gasteiger partial charge in [-0.2, -0.15) is 0 Å². The van der Waals surface area contributed by atoms with Crippen LogP contribution in [0.5, 0.6) is 0 Å². The minimum atomic E-state index is 0.447. The fourth-order valence-corrected chi connectivity index (χ4v) is 2.80. The summed E-state index contributed by atoms with van der Waals surface area (Å²) in [5.41, 5.74) is 4.20. The number of rotatable bonds is 5. The molecule has 20 heavy (non-hydrogen) atoms. The first-order chi connectivity index (χ1) is 9.60. The minimum absolute atomic E-state index is 0.447. The van der Waals surface area contributed by atoms with Crippen molar-refractivity contribution in [1.82, 2.24) is 15.1 Å². The highest BCUT2D eigenvalue weighted by molar-refractivity contribution is 5.32. The maximum absolute atomic E-state index is 3.65. The van der Waals surface area contributed by atoms with Crippen molar-refractivity contribution in [3.05, 3.63) is 34.9 Å². The smallest absolute Gasteiger partial charge is 0.0449 e. The van der Waals surface area contributed by atoms with Crippen molar-refractivity contribution < 1.29 is 0 Å². The quantitative estimate of drug-likeness (QED) is 0.889. The largest absolute Gasteiger partial charge is 0.309 e. The predicted molar refractivity (Wildman–Crippen MR) is 86.3 cm³/mol. The number of nitrogens with one attached hydrogen (secondary N) is 1. The zero-order chi connectivity index (χ0) is 14.5. The lowest BCUT2D eigenvalue weighted by molar-refractivity contribution is 0.142. The van der Waals surface area contributed by atoms with Crippen LogP contribution < -0.4 is 5.32 Å². The van der Waals surface area contributed by atoms with E-state index >= 15 is 0 Å². The Morgan fingerprint density at radius 3 is 2.40 bits per heavy atom. The zero-order valence-electron chi connectivity index (χ0n) is 13.4. The highest BCUT2D eigenvalue weighted by Crippen LogP contribution is 2.19. The van der Waals surface area contributed by atoms with Crippen molar-refractivity contribution in [2.24, 2.45) is 0 Å². The molecule has 0 radical (unpaired) electrons. The first-order valence-corrected chi connectivity index (χ1v) is 7.81. The number of benzene rings is 1. The van der Waals surface area contributed by atoms with Crippen molar-refractivity contribution in [2.75, 3.05) is 46.3 Å². The van der Waals surface area contributed by atoms with E-state index in [1.165, 1.54) is 42.9 Å². The van der Waals surface area contributed by atoms with Crippen molar-refractivity contribution in [1.29, 1.82) is 0 Å². The molecule has 1 N–H and O–H groups in total. The van der Waals surface area contributed by atoms with Crippen LogP contribution in [0.15, 0.2) is 18.2 Å². The molecule has 0 aliphatic carbocycles.